The van der Waals surface area contributed by atoms with Gasteiger partial charge in [0.25, 0.3) is 5.91 Å². The quantitative estimate of drug-likeness (QED) is 0.811. The van der Waals surface area contributed by atoms with Crippen molar-refractivity contribution in [1.82, 2.24) is 10.2 Å². The lowest BCUT2D eigenvalue weighted by Gasteiger charge is -2.23. The van der Waals surface area contributed by atoms with Crippen molar-refractivity contribution in [2.24, 2.45) is 0 Å². The standard InChI is InChI=1S/C20H22N2O2S/c1-14(22-13-16-5-3-4-6-18(16)20(22)24)19(23)21-12-11-15-7-9-17(25-2)10-8-15/h3-10,14H,11-13H2,1-2H3,(H,21,23)/t14-/m1/s1. The van der Waals surface area contributed by atoms with Gasteiger partial charge in [0.15, 0.2) is 0 Å². The van der Waals surface area contributed by atoms with Gasteiger partial charge in [0, 0.05) is 23.5 Å². The first kappa shape index (κ1) is 17.5. The third-order valence-corrected chi connectivity index (χ3v) is 5.31. The lowest BCUT2D eigenvalue weighted by atomic mass is 10.1. The van der Waals surface area contributed by atoms with E-state index in [0.29, 0.717) is 18.7 Å². The van der Waals surface area contributed by atoms with Gasteiger partial charge in [-0.25, -0.2) is 0 Å². The van der Waals surface area contributed by atoms with Crippen LogP contribution in [-0.2, 0) is 17.8 Å². The zero-order chi connectivity index (χ0) is 17.8. The summed E-state index contributed by atoms with van der Waals surface area (Å²) in [7, 11) is 0. The molecule has 1 aliphatic heterocycles. The molecule has 2 aromatic rings. The van der Waals surface area contributed by atoms with Gasteiger partial charge in [-0.1, -0.05) is 30.3 Å². The Kier molecular flexibility index (Phi) is 5.43. The Bertz CT molecular complexity index is 774. The van der Waals surface area contributed by atoms with Gasteiger partial charge in [0.1, 0.15) is 6.04 Å². The smallest absolute Gasteiger partial charge is 0.255 e. The fraction of sp³-hybridized carbons (Fsp3) is 0.300. The van der Waals surface area contributed by atoms with Gasteiger partial charge in [-0.2, -0.15) is 0 Å². The maximum Gasteiger partial charge on any atom is 0.255 e. The van der Waals surface area contributed by atoms with Crippen LogP contribution in [0.2, 0.25) is 0 Å². The molecular weight excluding hydrogens is 332 g/mol. The third-order valence-electron chi connectivity index (χ3n) is 4.57. The van der Waals surface area contributed by atoms with E-state index in [1.165, 1.54) is 10.5 Å². The van der Waals surface area contributed by atoms with Gasteiger partial charge >= 0.3 is 0 Å². The highest BCUT2D eigenvalue weighted by molar-refractivity contribution is 7.98. The van der Waals surface area contributed by atoms with E-state index in [1.54, 1.807) is 23.6 Å². The molecule has 0 saturated heterocycles. The van der Waals surface area contributed by atoms with E-state index in [-0.39, 0.29) is 11.8 Å². The molecule has 0 aromatic heterocycles. The Morgan fingerprint density at radius 2 is 1.92 bits per heavy atom. The predicted octanol–water partition coefficient (Wildman–Crippen LogP) is 3.11. The van der Waals surface area contributed by atoms with E-state index in [9.17, 15) is 9.59 Å². The van der Waals surface area contributed by atoms with Gasteiger partial charge in [-0.05, 0) is 48.9 Å². The molecule has 1 aliphatic rings. The second-order valence-electron chi connectivity index (χ2n) is 6.16. The summed E-state index contributed by atoms with van der Waals surface area (Å²) in [6.07, 6.45) is 2.83. The largest absolute Gasteiger partial charge is 0.354 e. The number of nitrogens with one attached hydrogen (secondary N) is 1. The van der Waals surface area contributed by atoms with Crippen LogP contribution in [0.15, 0.2) is 53.4 Å². The first-order chi connectivity index (χ1) is 12.1. The molecule has 130 valence electrons. The van der Waals surface area contributed by atoms with E-state index in [1.807, 2.05) is 24.3 Å². The number of rotatable bonds is 6. The van der Waals surface area contributed by atoms with Crippen molar-refractivity contribution >= 4 is 23.6 Å². The van der Waals surface area contributed by atoms with E-state index in [2.05, 4.69) is 35.8 Å². The van der Waals surface area contributed by atoms with Crippen LogP contribution in [-0.4, -0.2) is 35.6 Å². The van der Waals surface area contributed by atoms with Crippen LogP contribution >= 0.6 is 11.8 Å². The summed E-state index contributed by atoms with van der Waals surface area (Å²) in [4.78, 5) is 27.7. The van der Waals surface area contributed by atoms with Gasteiger partial charge in [0.2, 0.25) is 5.91 Å². The van der Waals surface area contributed by atoms with Crippen LogP contribution in [0.25, 0.3) is 0 Å². The highest BCUT2D eigenvalue weighted by Gasteiger charge is 2.33. The first-order valence-corrected chi connectivity index (χ1v) is 9.62. The number of thioether (sulfide) groups is 1. The molecule has 1 N–H and O–H groups in total. The summed E-state index contributed by atoms with van der Waals surface area (Å²) in [6.45, 7) is 2.85. The average molecular weight is 354 g/mol. The monoisotopic (exact) mass is 354 g/mol. The second-order valence-corrected chi connectivity index (χ2v) is 7.03. The lowest BCUT2D eigenvalue weighted by Crippen LogP contribution is -2.45. The molecule has 2 amide bonds. The molecule has 4 nitrogen and oxygen atoms in total. The van der Waals surface area contributed by atoms with E-state index in [4.69, 9.17) is 0 Å². The van der Waals surface area contributed by atoms with Crippen molar-refractivity contribution in [1.29, 1.82) is 0 Å². The number of amides is 2. The fourth-order valence-corrected chi connectivity index (χ4v) is 3.41. The van der Waals surface area contributed by atoms with E-state index < -0.39 is 6.04 Å². The zero-order valence-electron chi connectivity index (χ0n) is 14.5. The van der Waals surface area contributed by atoms with Crippen molar-refractivity contribution in [3.63, 3.8) is 0 Å². The van der Waals surface area contributed by atoms with Crippen molar-refractivity contribution < 1.29 is 9.59 Å². The molecule has 0 radical (unpaired) electrons. The highest BCUT2D eigenvalue weighted by atomic mass is 32.2. The van der Waals surface area contributed by atoms with Gasteiger partial charge in [0.05, 0.1) is 0 Å². The fourth-order valence-electron chi connectivity index (χ4n) is 3.00. The molecule has 0 unspecified atom stereocenters. The van der Waals surface area contributed by atoms with Gasteiger partial charge in [-0.15, -0.1) is 11.8 Å². The molecule has 0 spiro atoms. The normalized spacial score (nSPS) is 14.3. The average Bonchev–Trinajstić information content (AvgIpc) is 2.98. The maximum absolute atomic E-state index is 12.4. The van der Waals surface area contributed by atoms with Crippen molar-refractivity contribution in [3.8, 4) is 0 Å². The zero-order valence-corrected chi connectivity index (χ0v) is 15.3. The molecule has 5 heteroatoms. The van der Waals surface area contributed by atoms with Crippen molar-refractivity contribution in [3.05, 3.63) is 65.2 Å². The van der Waals surface area contributed by atoms with Crippen molar-refractivity contribution in [2.45, 2.75) is 30.8 Å². The van der Waals surface area contributed by atoms with Crippen LogP contribution in [0, 0.1) is 0 Å². The summed E-state index contributed by atoms with van der Waals surface area (Å²) in [6, 6.07) is 15.4. The topological polar surface area (TPSA) is 49.4 Å². The minimum Gasteiger partial charge on any atom is -0.354 e. The summed E-state index contributed by atoms with van der Waals surface area (Å²) in [5.74, 6) is -0.173. The molecule has 0 aliphatic carbocycles. The van der Waals surface area contributed by atoms with Crippen LogP contribution in [0.3, 0.4) is 0 Å². The van der Waals surface area contributed by atoms with E-state index in [0.717, 1.165) is 12.0 Å². The highest BCUT2D eigenvalue weighted by Crippen LogP contribution is 2.24. The van der Waals surface area contributed by atoms with Gasteiger partial charge < -0.3 is 10.2 Å². The molecule has 0 fully saturated rings. The Labute approximate surface area is 152 Å². The number of benzene rings is 2. The summed E-state index contributed by atoms with van der Waals surface area (Å²) < 4.78 is 0. The van der Waals surface area contributed by atoms with Crippen molar-refractivity contribution in [2.75, 3.05) is 12.8 Å². The number of nitrogens with zero attached hydrogens (tertiary/aromatic N) is 1. The number of carbonyl (C=O) groups is 2. The second kappa shape index (κ2) is 7.74. The van der Waals surface area contributed by atoms with Crippen LogP contribution in [0.1, 0.15) is 28.4 Å². The number of hydrogen-bond donors (Lipinski definition) is 1. The molecule has 0 bridgehead atoms. The number of fused-ring (bicyclic) bond motifs is 1. The van der Waals surface area contributed by atoms with E-state index >= 15 is 0 Å². The minimum absolute atomic E-state index is 0.0640. The maximum atomic E-state index is 12.4. The molecular formula is C20H22N2O2S. The Balaban J connectivity index is 1.52. The van der Waals surface area contributed by atoms with Gasteiger partial charge in [-0.3, -0.25) is 9.59 Å². The predicted molar refractivity (Wildman–Crippen MR) is 101 cm³/mol. The summed E-state index contributed by atoms with van der Waals surface area (Å²) in [5.41, 5.74) is 2.88. The minimum atomic E-state index is -0.473. The molecule has 1 atom stereocenters. The third kappa shape index (κ3) is 3.87. The molecule has 2 aromatic carbocycles. The molecule has 1 heterocycles. The van der Waals surface area contributed by atoms with Crippen LogP contribution < -0.4 is 5.32 Å². The SMILES string of the molecule is CSc1ccc(CCNC(=O)[C@@H](C)N2Cc3ccccc3C2=O)cc1. The number of hydrogen-bond acceptors (Lipinski definition) is 3. The molecule has 0 saturated carbocycles. The summed E-state index contributed by atoms with van der Waals surface area (Å²) in [5, 5.41) is 2.95. The van der Waals surface area contributed by atoms with Crippen LogP contribution in [0.4, 0.5) is 0 Å². The Hall–Kier alpha value is -2.27. The summed E-state index contributed by atoms with van der Waals surface area (Å²) >= 11 is 1.71. The van der Waals surface area contributed by atoms with Crippen LogP contribution in [0.5, 0.6) is 0 Å². The number of carbonyl (C=O) groups excluding carboxylic acids is 2. The molecule has 3 rings (SSSR count). The lowest BCUT2D eigenvalue weighted by molar-refractivity contribution is -0.125. The Morgan fingerprint density at radius 3 is 2.60 bits per heavy atom. The molecule has 25 heavy (non-hydrogen) atoms. The first-order valence-electron chi connectivity index (χ1n) is 8.39. The Morgan fingerprint density at radius 1 is 1.20 bits per heavy atom.